The first-order valence-corrected chi connectivity index (χ1v) is 19.9. The van der Waals surface area contributed by atoms with Gasteiger partial charge in [-0.1, -0.05) is 142 Å². The highest BCUT2D eigenvalue weighted by atomic mass is 16.4. The number of benzene rings is 8. The summed E-state index contributed by atoms with van der Waals surface area (Å²) in [4.78, 5) is 29.2. The lowest BCUT2D eigenvalue weighted by Crippen LogP contribution is -2.39. The summed E-state index contributed by atoms with van der Waals surface area (Å²) in [7, 11) is 0. The van der Waals surface area contributed by atoms with E-state index in [2.05, 4.69) is 6.92 Å². The van der Waals surface area contributed by atoms with Crippen LogP contribution < -0.4 is 9.80 Å². The molecule has 0 bridgehead atoms. The summed E-state index contributed by atoms with van der Waals surface area (Å²) < 4.78 is 0. The molecular formula is C51H46N2O6. The molecule has 0 radical (unpaired) electrons. The normalized spacial score (nSPS) is 12.3. The predicted octanol–water partition coefficient (Wildman–Crippen LogP) is 13.2. The van der Waals surface area contributed by atoms with Crippen LogP contribution in [0.1, 0.15) is 33.6 Å². The molecule has 0 heterocycles. The summed E-state index contributed by atoms with van der Waals surface area (Å²) in [5.41, 5.74) is 2.85. The molecule has 8 aromatic rings. The summed E-state index contributed by atoms with van der Waals surface area (Å²) in [6.45, 7) is 6.48. The molecule has 59 heavy (non-hydrogen) atoms. The van der Waals surface area contributed by atoms with Crippen molar-refractivity contribution < 1.29 is 30.0 Å². The fraction of sp³-hybridized carbons (Fsp3) is 0.176. The molecule has 2 amide bonds. The highest BCUT2D eigenvalue weighted by molar-refractivity contribution is 6.15. The second kappa shape index (κ2) is 15.7. The van der Waals surface area contributed by atoms with Crippen LogP contribution in [0.4, 0.5) is 21.0 Å². The van der Waals surface area contributed by atoms with Gasteiger partial charge in [0.25, 0.3) is 0 Å². The first-order chi connectivity index (χ1) is 28.4. The smallest absolute Gasteiger partial charge is 0.411 e. The van der Waals surface area contributed by atoms with E-state index in [-0.39, 0.29) is 30.5 Å². The average molecular weight is 783 g/mol. The molecule has 0 saturated carbocycles. The molecule has 8 aromatic carbocycles. The molecule has 0 aromatic heterocycles. The van der Waals surface area contributed by atoms with Gasteiger partial charge in [0.05, 0.1) is 11.4 Å². The number of phenolic OH excluding ortho intramolecular Hbond substituents is 2. The molecule has 0 aliphatic rings. The number of rotatable bonds is 11. The van der Waals surface area contributed by atoms with Crippen molar-refractivity contribution in [3.05, 3.63) is 146 Å². The molecule has 0 spiro atoms. The highest BCUT2D eigenvalue weighted by Gasteiger charge is 2.32. The maximum atomic E-state index is 13.3. The molecule has 1 unspecified atom stereocenters. The summed E-state index contributed by atoms with van der Waals surface area (Å²) in [5, 5.41) is 51.4. The van der Waals surface area contributed by atoms with Crippen LogP contribution >= 0.6 is 0 Å². The van der Waals surface area contributed by atoms with Gasteiger partial charge in [-0.15, -0.1) is 0 Å². The highest BCUT2D eigenvalue weighted by Crippen LogP contribution is 2.48. The lowest BCUT2D eigenvalue weighted by atomic mass is 9.81. The molecule has 0 aliphatic carbocycles. The van der Waals surface area contributed by atoms with Crippen LogP contribution in [0, 0.1) is 11.3 Å². The zero-order valence-corrected chi connectivity index (χ0v) is 33.3. The van der Waals surface area contributed by atoms with E-state index in [1.54, 1.807) is 12.1 Å². The SMILES string of the molecule is CC(CCN(C(=O)O)c1ccc2ccccc2c1-c1c(O)ccc2ccccc12)CC(C)(C)CN(C(=O)O)c1ccc2ccccc2c1-c1c(O)ccc2ccccc12. The number of carbonyl (C=O) groups is 2. The van der Waals surface area contributed by atoms with E-state index in [1.165, 1.54) is 9.80 Å². The molecular weight excluding hydrogens is 737 g/mol. The van der Waals surface area contributed by atoms with Gasteiger partial charge in [0, 0.05) is 35.3 Å². The van der Waals surface area contributed by atoms with Crippen molar-refractivity contribution in [2.24, 2.45) is 11.3 Å². The summed E-state index contributed by atoms with van der Waals surface area (Å²) in [5.74, 6) is 0.123. The Hall–Kier alpha value is -7.06. The molecule has 8 heteroatoms. The van der Waals surface area contributed by atoms with Crippen LogP contribution in [0.5, 0.6) is 11.5 Å². The molecule has 0 saturated heterocycles. The van der Waals surface area contributed by atoms with E-state index in [0.717, 1.165) is 43.1 Å². The van der Waals surface area contributed by atoms with Crippen LogP contribution in [0.25, 0.3) is 65.3 Å². The van der Waals surface area contributed by atoms with Crippen molar-refractivity contribution in [3.8, 4) is 33.8 Å². The standard InChI is InChI=1S/C51H46N2O6/c1-32(28-29-52(49(56)57)41-24-20-33-12-4-8-16-37(33)45(41)47-39-18-10-6-14-35(39)22-26-43(47)54)30-51(2,3)31-53(50(58)59)42-25-21-34-13-5-9-17-38(34)46(42)48-40-19-11-7-15-36(40)23-27-44(48)55/h4-27,32,54-55H,28-31H2,1-3H3,(H,56,57)(H,58,59). The number of hydrogen-bond acceptors (Lipinski definition) is 4. The van der Waals surface area contributed by atoms with Crippen molar-refractivity contribution >= 4 is 66.7 Å². The van der Waals surface area contributed by atoms with Gasteiger partial charge in [-0.3, -0.25) is 9.80 Å². The second-order valence-corrected chi connectivity index (χ2v) is 16.3. The fourth-order valence-electron chi connectivity index (χ4n) is 9.00. The van der Waals surface area contributed by atoms with Gasteiger partial charge in [-0.05, 0) is 91.5 Å². The number of fused-ring (bicyclic) bond motifs is 4. The maximum Gasteiger partial charge on any atom is 0.411 e. The Kier molecular flexibility index (Phi) is 10.3. The third-order valence-corrected chi connectivity index (χ3v) is 11.5. The van der Waals surface area contributed by atoms with Crippen molar-refractivity contribution in [1.29, 1.82) is 0 Å². The van der Waals surface area contributed by atoms with Gasteiger partial charge in [-0.2, -0.15) is 0 Å². The molecule has 0 aliphatic heterocycles. The summed E-state index contributed by atoms with van der Waals surface area (Å²) in [6.07, 6.45) is -1.12. The largest absolute Gasteiger partial charge is 0.507 e. The number of anilines is 2. The third kappa shape index (κ3) is 7.45. The Bertz CT molecular complexity index is 2900. The average Bonchev–Trinajstić information content (AvgIpc) is 3.22. The Labute approximate surface area is 342 Å². The van der Waals surface area contributed by atoms with Crippen LogP contribution in [0.15, 0.2) is 146 Å². The number of amides is 2. The maximum absolute atomic E-state index is 13.3. The third-order valence-electron chi connectivity index (χ3n) is 11.5. The molecule has 4 N–H and O–H groups in total. The van der Waals surface area contributed by atoms with E-state index >= 15 is 0 Å². The Balaban J connectivity index is 1.11. The van der Waals surface area contributed by atoms with Crippen molar-refractivity contribution in [2.45, 2.75) is 33.6 Å². The van der Waals surface area contributed by atoms with E-state index in [9.17, 15) is 30.0 Å². The number of aromatic hydroxyl groups is 2. The summed E-state index contributed by atoms with van der Waals surface area (Å²) in [6, 6.07) is 45.6. The zero-order chi connectivity index (χ0) is 41.4. The molecule has 296 valence electrons. The van der Waals surface area contributed by atoms with Crippen molar-refractivity contribution in [2.75, 3.05) is 22.9 Å². The van der Waals surface area contributed by atoms with Crippen LogP contribution in [-0.2, 0) is 0 Å². The van der Waals surface area contributed by atoms with Gasteiger partial charge in [0.2, 0.25) is 0 Å². The van der Waals surface area contributed by atoms with E-state index in [1.807, 2.05) is 147 Å². The quantitative estimate of drug-likeness (QED) is 0.104. The van der Waals surface area contributed by atoms with Crippen LogP contribution in [0.2, 0.25) is 0 Å². The molecule has 8 nitrogen and oxygen atoms in total. The van der Waals surface area contributed by atoms with E-state index in [0.29, 0.717) is 46.5 Å². The van der Waals surface area contributed by atoms with Crippen molar-refractivity contribution in [3.63, 3.8) is 0 Å². The topological polar surface area (TPSA) is 122 Å². The fourth-order valence-corrected chi connectivity index (χ4v) is 9.00. The predicted molar refractivity (Wildman–Crippen MR) is 240 cm³/mol. The Morgan fingerprint density at radius 2 is 0.864 bits per heavy atom. The van der Waals surface area contributed by atoms with Gasteiger partial charge in [0.15, 0.2) is 0 Å². The van der Waals surface area contributed by atoms with Crippen LogP contribution in [-0.4, -0.2) is 45.7 Å². The first-order valence-electron chi connectivity index (χ1n) is 19.9. The lowest BCUT2D eigenvalue weighted by Gasteiger charge is -2.35. The molecule has 0 fully saturated rings. The van der Waals surface area contributed by atoms with Gasteiger partial charge in [0.1, 0.15) is 11.5 Å². The van der Waals surface area contributed by atoms with E-state index in [4.69, 9.17) is 0 Å². The molecule has 8 rings (SSSR count). The second-order valence-electron chi connectivity index (χ2n) is 16.3. The lowest BCUT2D eigenvalue weighted by molar-refractivity contribution is 0.192. The summed E-state index contributed by atoms with van der Waals surface area (Å²) >= 11 is 0. The Morgan fingerprint density at radius 1 is 0.508 bits per heavy atom. The zero-order valence-electron chi connectivity index (χ0n) is 33.3. The van der Waals surface area contributed by atoms with Crippen molar-refractivity contribution in [1.82, 2.24) is 0 Å². The van der Waals surface area contributed by atoms with Gasteiger partial charge in [-0.25, -0.2) is 9.59 Å². The first kappa shape index (κ1) is 38.8. The Morgan fingerprint density at radius 3 is 1.27 bits per heavy atom. The number of hydrogen-bond donors (Lipinski definition) is 4. The van der Waals surface area contributed by atoms with Crippen LogP contribution in [0.3, 0.4) is 0 Å². The minimum Gasteiger partial charge on any atom is -0.507 e. The number of phenols is 2. The minimum atomic E-state index is -1.11. The van der Waals surface area contributed by atoms with Gasteiger partial charge >= 0.3 is 12.2 Å². The monoisotopic (exact) mass is 782 g/mol. The minimum absolute atomic E-state index is 0.00413. The van der Waals surface area contributed by atoms with E-state index < -0.39 is 17.6 Å². The number of carboxylic acid groups (broad SMARTS) is 2. The molecule has 1 atom stereocenters. The van der Waals surface area contributed by atoms with Gasteiger partial charge < -0.3 is 20.4 Å². The number of nitrogens with zero attached hydrogens (tertiary/aromatic N) is 2.